The SMILES string of the molecule is CC(C)CNC[C@@H](O)COc1ccc(C#N)cc1. The molecule has 0 spiro atoms. The molecule has 0 unspecified atom stereocenters. The molecule has 0 amide bonds. The minimum absolute atomic E-state index is 0.247. The van der Waals surface area contributed by atoms with Crippen molar-refractivity contribution in [2.45, 2.75) is 20.0 Å². The maximum atomic E-state index is 9.68. The summed E-state index contributed by atoms with van der Waals surface area (Å²) in [4.78, 5) is 0. The average molecular weight is 248 g/mol. The lowest BCUT2D eigenvalue weighted by Gasteiger charge is -2.14. The van der Waals surface area contributed by atoms with Gasteiger partial charge in [0.2, 0.25) is 0 Å². The van der Waals surface area contributed by atoms with Crippen molar-refractivity contribution < 1.29 is 9.84 Å². The van der Waals surface area contributed by atoms with Crippen LogP contribution in [-0.4, -0.2) is 30.9 Å². The van der Waals surface area contributed by atoms with Gasteiger partial charge in [-0.2, -0.15) is 5.26 Å². The summed E-state index contributed by atoms with van der Waals surface area (Å²) in [7, 11) is 0. The Balaban J connectivity index is 2.25. The number of rotatable bonds is 7. The van der Waals surface area contributed by atoms with Crippen molar-refractivity contribution in [1.29, 1.82) is 5.26 Å². The van der Waals surface area contributed by atoms with Crippen LogP contribution in [0.2, 0.25) is 0 Å². The van der Waals surface area contributed by atoms with E-state index < -0.39 is 6.10 Å². The molecule has 1 rings (SSSR count). The third-order valence-electron chi connectivity index (χ3n) is 2.36. The number of benzene rings is 1. The number of nitrogens with one attached hydrogen (secondary N) is 1. The van der Waals surface area contributed by atoms with Gasteiger partial charge in [0, 0.05) is 6.54 Å². The van der Waals surface area contributed by atoms with Gasteiger partial charge in [-0.3, -0.25) is 0 Å². The molecule has 0 radical (unpaired) electrons. The Morgan fingerprint density at radius 2 is 1.94 bits per heavy atom. The van der Waals surface area contributed by atoms with Crippen LogP contribution in [0.1, 0.15) is 19.4 Å². The topological polar surface area (TPSA) is 65.3 Å². The van der Waals surface area contributed by atoms with E-state index in [0.29, 0.717) is 23.8 Å². The van der Waals surface area contributed by atoms with Gasteiger partial charge in [-0.15, -0.1) is 0 Å². The first-order chi connectivity index (χ1) is 8.61. The molecule has 0 aliphatic carbocycles. The molecule has 0 saturated carbocycles. The second kappa shape index (κ2) is 7.70. The first-order valence-electron chi connectivity index (χ1n) is 6.13. The van der Waals surface area contributed by atoms with Gasteiger partial charge in [0.15, 0.2) is 0 Å². The molecule has 0 saturated heterocycles. The molecule has 18 heavy (non-hydrogen) atoms. The first kappa shape index (κ1) is 14.5. The minimum atomic E-state index is -0.528. The van der Waals surface area contributed by atoms with Crippen molar-refractivity contribution in [2.75, 3.05) is 19.7 Å². The van der Waals surface area contributed by atoms with Crippen LogP contribution in [-0.2, 0) is 0 Å². The Morgan fingerprint density at radius 3 is 2.50 bits per heavy atom. The summed E-state index contributed by atoms with van der Waals surface area (Å²) in [5, 5.41) is 21.5. The highest BCUT2D eigenvalue weighted by molar-refractivity contribution is 5.34. The highest BCUT2D eigenvalue weighted by Gasteiger charge is 2.05. The second-order valence-corrected chi connectivity index (χ2v) is 4.65. The monoisotopic (exact) mass is 248 g/mol. The molecule has 0 aliphatic rings. The molecule has 0 aliphatic heterocycles. The molecule has 2 N–H and O–H groups in total. The molecule has 4 nitrogen and oxygen atoms in total. The Morgan fingerprint density at radius 1 is 1.28 bits per heavy atom. The zero-order valence-electron chi connectivity index (χ0n) is 10.9. The fourth-order valence-electron chi connectivity index (χ4n) is 1.42. The van der Waals surface area contributed by atoms with Gasteiger partial charge >= 0.3 is 0 Å². The maximum absolute atomic E-state index is 9.68. The van der Waals surface area contributed by atoms with E-state index in [2.05, 4.69) is 19.2 Å². The lowest BCUT2D eigenvalue weighted by atomic mass is 10.2. The number of hydrogen-bond donors (Lipinski definition) is 2. The third kappa shape index (κ3) is 5.67. The zero-order chi connectivity index (χ0) is 13.4. The van der Waals surface area contributed by atoms with Crippen LogP contribution in [0.3, 0.4) is 0 Å². The second-order valence-electron chi connectivity index (χ2n) is 4.65. The fourth-order valence-corrected chi connectivity index (χ4v) is 1.42. The Labute approximate surface area is 108 Å². The van der Waals surface area contributed by atoms with Gasteiger partial charge in [0.05, 0.1) is 11.6 Å². The zero-order valence-corrected chi connectivity index (χ0v) is 10.9. The van der Waals surface area contributed by atoms with Crippen LogP contribution in [0.4, 0.5) is 0 Å². The van der Waals surface area contributed by atoms with Gasteiger partial charge in [0.1, 0.15) is 18.5 Å². The summed E-state index contributed by atoms with van der Waals surface area (Å²) in [6, 6.07) is 8.89. The van der Waals surface area contributed by atoms with Crippen molar-refractivity contribution in [2.24, 2.45) is 5.92 Å². The van der Waals surface area contributed by atoms with Crippen LogP contribution < -0.4 is 10.1 Å². The average Bonchev–Trinajstić information content (AvgIpc) is 2.36. The molecule has 0 bridgehead atoms. The standard InChI is InChI=1S/C14H20N2O2/c1-11(2)8-16-9-13(17)10-18-14-5-3-12(7-15)4-6-14/h3-6,11,13,16-17H,8-10H2,1-2H3/t13-/m1/s1. The molecular weight excluding hydrogens is 228 g/mol. The Bertz CT molecular complexity index is 382. The van der Waals surface area contributed by atoms with E-state index >= 15 is 0 Å². The van der Waals surface area contributed by atoms with E-state index in [0.717, 1.165) is 6.54 Å². The van der Waals surface area contributed by atoms with E-state index in [1.165, 1.54) is 0 Å². The van der Waals surface area contributed by atoms with E-state index in [1.807, 2.05) is 6.07 Å². The highest BCUT2D eigenvalue weighted by atomic mass is 16.5. The lowest BCUT2D eigenvalue weighted by molar-refractivity contribution is 0.106. The van der Waals surface area contributed by atoms with Gasteiger partial charge in [0.25, 0.3) is 0 Å². The van der Waals surface area contributed by atoms with Crippen LogP contribution in [0, 0.1) is 17.2 Å². The number of aliphatic hydroxyl groups is 1. The largest absolute Gasteiger partial charge is 0.491 e. The van der Waals surface area contributed by atoms with Crippen molar-refractivity contribution in [3.63, 3.8) is 0 Å². The number of aliphatic hydroxyl groups excluding tert-OH is 1. The fraction of sp³-hybridized carbons (Fsp3) is 0.500. The Kier molecular flexibility index (Phi) is 6.20. The van der Waals surface area contributed by atoms with Gasteiger partial charge in [-0.25, -0.2) is 0 Å². The molecule has 0 heterocycles. The van der Waals surface area contributed by atoms with E-state index in [4.69, 9.17) is 10.00 Å². The number of ether oxygens (including phenoxy) is 1. The quantitative estimate of drug-likeness (QED) is 0.768. The molecule has 1 aromatic rings. The Hall–Kier alpha value is -1.57. The predicted octanol–water partition coefficient (Wildman–Crippen LogP) is 1.54. The third-order valence-corrected chi connectivity index (χ3v) is 2.36. The number of hydrogen-bond acceptors (Lipinski definition) is 4. The first-order valence-corrected chi connectivity index (χ1v) is 6.13. The van der Waals surface area contributed by atoms with E-state index in [-0.39, 0.29) is 6.61 Å². The van der Waals surface area contributed by atoms with Crippen LogP contribution in [0.5, 0.6) is 5.75 Å². The summed E-state index contributed by atoms with van der Waals surface area (Å²) in [6.45, 7) is 5.89. The molecular formula is C14H20N2O2. The minimum Gasteiger partial charge on any atom is -0.491 e. The molecule has 4 heteroatoms. The van der Waals surface area contributed by atoms with Crippen molar-refractivity contribution in [3.05, 3.63) is 29.8 Å². The summed E-state index contributed by atoms with van der Waals surface area (Å²) < 4.78 is 5.43. The normalized spacial score (nSPS) is 12.2. The van der Waals surface area contributed by atoms with Gasteiger partial charge in [-0.05, 0) is 36.7 Å². The van der Waals surface area contributed by atoms with Gasteiger partial charge in [-0.1, -0.05) is 13.8 Å². The maximum Gasteiger partial charge on any atom is 0.119 e. The van der Waals surface area contributed by atoms with E-state index in [9.17, 15) is 5.11 Å². The van der Waals surface area contributed by atoms with Crippen molar-refractivity contribution in [1.82, 2.24) is 5.32 Å². The summed E-state index contributed by atoms with van der Waals surface area (Å²) in [5.74, 6) is 1.23. The summed E-state index contributed by atoms with van der Waals surface area (Å²) in [5.41, 5.74) is 0.599. The lowest BCUT2D eigenvalue weighted by Crippen LogP contribution is -2.33. The van der Waals surface area contributed by atoms with Crippen LogP contribution in [0.15, 0.2) is 24.3 Å². The van der Waals surface area contributed by atoms with E-state index in [1.54, 1.807) is 24.3 Å². The van der Waals surface area contributed by atoms with Crippen LogP contribution in [0.25, 0.3) is 0 Å². The summed E-state index contributed by atoms with van der Waals surface area (Å²) in [6.07, 6.45) is -0.528. The molecule has 1 aromatic carbocycles. The molecule has 0 fully saturated rings. The predicted molar refractivity (Wildman–Crippen MR) is 70.4 cm³/mol. The van der Waals surface area contributed by atoms with Crippen molar-refractivity contribution in [3.8, 4) is 11.8 Å². The smallest absolute Gasteiger partial charge is 0.119 e. The van der Waals surface area contributed by atoms with Crippen LogP contribution >= 0.6 is 0 Å². The number of nitrogens with zero attached hydrogens (tertiary/aromatic N) is 1. The van der Waals surface area contributed by atoms with Gasteiger partial charge < -0.3 is 15.2 Å². The summed E-state index contributed by atoms with van der Waals surface area (Å²) >= 11 is 0. The molecule has 98 valence electrons. The highest BCUT2D eigenvalue weighted by Crippen LogP contribution is 2.11. The molecule has 0 aromatic heterocycles. The molecule has 1 atom stereocenters. The van der Waals surface area contributed by atoms with Crippen molar-refractivity contribution >= 4 is 0 Å². The number of nitriles is 1.